The minimum Gasteiger partial charge on any atom is -0.455 e. The van der Waals surface area contributed by atoms with Crippen LogP contribution in [0.2, 0.25) is 0 Å². The zero-order valence-electron chi connectivity index (χ0n) is 33.4. The summed E-state index contributed by atoms with van der Waals surface area (Å²) in [5.41, 5.74) is 14.4. The van der Waals surface area contributed by atoms with E-state index in [1.165, 1.54) is 0 Å². The van der Waals surface area contributed by atoms with Gasteiger partial charge in [-0.3, -0.25) is 0 Å². The van der Waals surface area contributed by atoms with E-state index in [2.05, 4.69) is 152 Å². The Morgan fingerprint density at radius 3 is 1.26 bits per heavy atom. The summed E-state index contributed by atoms with van der Waals surface area (Å²) < 4.78 is 13.8. The predicted octanol–water partition coefficient (Wildman–Crippen LogP) is 15.3. The van der Waals surface area contributed by atoms with Gasteiger partial charge in [-0.25, -0.2) is 15.0 Å². The van der Waals surface area contributed by atoms with Crippen molar-refractivity contribution in [1.29, 1.82) is 0 Å². The third kappa shape index (κ3) is 6.14. The van der Waals surface area contributed by atoms with Gasteiger partial charge in [0.25, 0.3) is 0 Å². The zero-order chi connectivity index (χ0) is 41.0. The Morgan fingerprint density at radius 1 is 0.242 bits per heavy atom. The lowest BCUT2D eigenvalue weighted by atomic mass is 9.95. The molecule has 0 aliphatic rings. The molecule has 290 valence electrons. The van der Waals surface area contributed by atoms with Crippen LogP contribution in [0.4, 0.5) is 0 Å². The van der Waals surface area contributed by atoms with Gasteiger partial charge in [0.2, 0.25) is 0 Å². The van der Waals surface area contributed by atoms with Gasteiger partial charge in [-0.2, -0.15) is 0 Å². The van der Waals surface area contributed by atoms with Crippen molar-refractivity contribution in [3.05, 3.63) is 212 Å². The highest BCUT2D eigenvalue weighted by atomic mass is 16.3. The van der Waals surface area contributed by atoms with E-state index in [4.69, 9.17) is 23.8 Å². The van der Waals surface area contributed by atoms with Gasteiger partial charge in [-0.05, 0) is 75.8 Å². The Kier molecular flexibility index (Phi) is 8.42. The first-order valence-corrected chi connectivity index (χ1v) is 20.8. The molecule has 0 bridgehead atoms. The Morgan fingerprint density at radius 2 is 0.694 bits per heavy atom. The number of benzene rings is 9. The number of para-hydroxylation sites is 1. The molecule has 0 unspecified atom stereocenters. The van der Waals surface area contributed by atoms with Crippen LogP contribution >= 0.6 is 0 Å². The average Bonchev–Trinajstić information content (AvgIpc) is 3.93. The largest absolute Gasteiger partial charge is 0.455 e. The van der Waals surface area contributed by atoms with Crippen molar-refractivity contribution in [3.8, 4) is 78.7 Å². The summed E-state index contributed by atoms with van der Waals surface area (Å²) >= 11 is 0. The Balaban J connectivity index is 1.06. The van der Waals surface area contributed by atoms with E-state index in [1.54, 1.807) is 0 Å². The van der Waals surface area contributed by atoms with Crippen LogP contribution in [0.15, 0.2) is 221 Å². The molecule has 0 N–H and O–H groups in total. The maximum absolute atomic E-state index is 6.97. The van der Waals surface area contributed by atoms with Gasteiger partial charge in [-0.15, -0.1) is 0 Å². The maximum Gasteiger partial charge on any atom is 0.167 e. The number of fused-ring (bicyclic) bond motifs is 6. The second-order valence-electron chi connectivity index (χ2n) is 15.5. The lowest BCUT2D eigenvalue weighted by Gasteiger charge is -2.09. The van der Waals surface area contributed by atoms with Crippen LogP contribution in [-0.4, -0.2) is 15.0 Å². The van der Waals surface area contributed by atoms with Crippen LogP contribution in [0.5, 0.6) is 0 Å². The molecule has 3 aromatic heterocycles. The molecule has 0 atom stereocenters. The van der Waals surface area contributed by atoms with Crippen molar-refractivity contribution in [2.24, 2.45) is 0 Å². The first-order chi connectivity index (χ1) is 30.7. The lowest BCUT2D eigenvalue weighted by molar-refractivity contribution is 0.669. The van der Waals surface area contributed by atoms with E-state index in [-0.39, 0.29) is 0 Å². The highest BCUT2D eigenvalue weighted by Gasteiger charge is 2.22. The number of hydrogen-bond acceptors (Lipinski definition) is 5. The van der Waals surface area contributed by atoms with Crippen LogP contribution in [0, 0.1) is 0 Å². The minimum absolute atomic E-state index is 0.520. The fourth-order valence-electron chi connectivity index (χ4n) is 8.69. The summed E-state index contributed by atoms with van der Waals surface area (Å²) in [7, 11) is 0. The SMILES string of the molecule is c1ccc(-c2cc(-c3ccccc3)c3oc4cc(-c5nc(-c6ccccc6)nc(-c6cccc7c6oc6c(-c8ccccc8)cc(-c8ccccc8)cc67)n5)ccc4c3c2)cc1. The number of hydrogen-bond donors (Lipinski definition) is 0. The van der Waals surface area contributed by atoms with Crippen LogP contribution in [-0.2, 0) is 0 Å². The first kappa shape index (κ1) is 35.5. The summed E-state index contributed by atoms with van der Waals surface area (Å²) in [6, 6.07) is 73.3. The van der Waals surface area contributed by atoms with Gasteiger partial charge < -0.3 is 8.83 Å². The molecule has 0 radical (unpaired) electrons. The molecule has 0 fully saturated rings. The van der Waals surface area contributed by atoms with Crippen LogP contribution in [0.25, 0.3) is 123 Å². The molecule has 0 saturated carbocycles. The van der Waals surface area contributed by atoms with Gasteiger partial charge in [0.15, 0.2) is 17.5 Å². The standard InChI is InChI=1S/C57H35N3O2/c1-6-17-36(18-7-1)42-31-47(38-21-10-3-11-22-38)53-49(33-42)44-30-29-41(35-51(44)61-53)56-58-55(40-25-14-5-15-26-40)59-57(60-56)46-28-16-27-45-50-34-43(37-19-8-2-9-20-37)32-48(54(50)62-52(45)46)39-23-12-4-13-24-39/h1-35H. The van der Waals surface area contributed by atoms with E-state index in [9.17, 15) is 0 Å². The third-order valence-corrected chi connectivity index (χ3v) is 11.7. The smallest absolute Gasteiger partial charge is 0.167 e. The molecular formula is C57H35N3O2. The average molecular weight is 794 g/mol. The van der Waals surface area contributed by atoms with Crippen molar-refractivity contribution in [3.63, 3.8) is 0 Å². The minimum atomic E-state index is 0.520. The maximum atomic E-state index is 6.97. The Bertz CT molecular complexity index is 3600. The van der Waals surface area contributed by atoms with Crippen molar-refractivity contribution >= 4 is 43.9 Å². The molecule has 5 heteroatoms. The van der Waals surface area contributed by atoms with Crippen molar-refractivity contribution < 1.29 is 8.83 Å². The second kappa shape index (κ2) is 14.7. The van der Waals surface area contributed by atoms with Gasteiger partial charge in [0.1, 0.15) is 22.3 Å². The Labute approximate surface area is 357 Å². The summed E-state index contributed by atoms with van der Waals surface area (Å²) in [4.78, 5) is 15.5. The second-order valence-corrected chi connectivity index (χ2v) is 15.5. The molecule has 0 amide bonds. The molecule has 0 aliphatic heterocycles. The molecule has 12 aromatic rings. The highest BCUT2D eigenvalue weighted by molar-refractivity contribution is 6.15. The third-order valence-electron chi connectivity index (χ3n) is 11.7. The topological polar surface area (TPSA) is 65.0 Å². The molecule has 0 spiro atoms. The molecule has 0 aliphatic carbocycles. The van der Waals surface area contributed by atoms with E-state index in [1.807, 2.05) is 60.7 Å². The van der Waals surface area contributed by atoms with E-state index >= 15 is 0 Å². The number of aromatic nitrogens is 3. The normalized spacial score (nSPS) is 11.5. The molecular weight excluding hydrogens is 759 g/mol. The monoisotopic (exact) mass is 793 g/mol. The molecule has 5 nitrogen and oxygen atoms in total. The van der Waals surface area contributed by atoms with Crippen molar-refractivity contribution in [2.75, 3.05) is 0 Å². The van der Waals surface area contributed by atoms with Gasteiger partial charge in [-0.1, -0.05) is 170 Å². The van der Waals surface area contributed by atoms with E-state index in [0.717, 1.165) is 105 Å². The quantitative estimate of drug-likeness (QED) is 0.161. The van der Waals surface area contributed by atoms with Crippen LogP contribution in [0.3, 0.4) is 0 Å². The number of nitrogens with zero attached hydrogens (tertiary/aromatic N) is 3. The van der Waals surface area contributed by atoms with E-state index < -0.39 is 0 Å². The predicted molar refractivity (Wildman–Crippen MR) is 252 cm³/mol. The summed E-state index contributed by atoms with van der Waals surface area (Å²) in [5.74, 6) is 1.62. The van der Waals surface area contributed by atoms with Crippen LogP contribution in [0.1, 0.15) is 0 Å². The molecule has 9 aromatic carbocycles. The number of rotatable bonds is 7. The fraction of sp³-hybridized carbons (Fsp3) is 0. The molecule has 0 saturated heterocycles. The molecule has 62 heavy (non-hydrogen) atoms. The molecule has 3 heterocycles. The van der Waals surface area contributed by atoms with Gasteiger partial charge >= 0.3 is 0 Å². The Hall–Kier alpha value is -8.41. The van der Waals surface area contributed by atoms with Gasteiger partial charge in [0, 0.05) is 43.8 Å². The zero-order valence-corrected chi connectivity index (χ0v) is 33.4. The first-order valence-electron chi connectivity index (χ1n) is 20.8. The molecule has 12 rings (SSSR count). The van der Waals surface area contributed by atoms with E-state index in [0.29, 0.717) is 17.5 Å². The van der Waals surface area contributed by atoms with Crippen molar-refractivity contribution in [1.82, 2.24) is 15.0 Å². The summed E-state index contributed by atoms with van der Waals surface area (Å²) in [5, 5.41) is 4.09. The summed E-state index contributed by atoms with van der Waals surface area (Å²) in [6.45, 7) is 0. The highest BCUT2D eigenvalue weighted by Crippen LogP contribution is 2.44. The lowest BCUT2D eigenvalue weighted by Crippen LogP contribution is -2.00. The van der Waals surface area contributed by atoms with Crippen LogP contribution < -0.4 is 0 Å². The van der Waals surface area contributed by atoms with Gasteiger partial charge in [0.05, 0.1) is 5.56 Å². The number of furan rings is 2. The van der Waals surface area contributed by atoms with Crippen molar-refractivity contribution in [2.45, 2.75) is 0 Å². The fourth-order valence-corrected chi connectivity index (χ4v) is 8.69. The summed E-state index contributed by atoms with van der Waals surface area (Å²) in [6.07, 6.45) is 0.